The Balaban J connectivity index is 2.16. The van der Waals surface area contributed by atoms with Crippen molar-refractivity contribution in [1.29, 1.82) is 0 Å². The fourth-order valence-electron chi connectivity index (χ4n) is 3.24. The quantitative estimate of drug-likeness (QED) is 0.579. The molecule has 0 aromatic heterocycles. The molecule has 1 unspecified atom stereocenters. The Bertz CT molecular complexity index is 880. The van der Waals surface area contributed by atoms with Crippen molar-refractivity contribution in [2.75, 3.05) is 18.5 Å². The van der Waals surface area contributed by atoms with E-state index < -0.39 is 23.6 Å². The molecule has 0 saturated carbocycles. The Kier molecular flexibility index (Phi) is 5.79. The summed E-state index contributed by atoms with van der Waals surface area (Å²) in [6.07, 6.45) is 0. The minimum atomic E-state index is -2.01. The fraction of sp³-hybridized carbons (Fsp3) is 0.333. The Hall–Kier alpha value is -2.73. The average Bonchev–Trinajstić information content (AvgIpc) is 2.99. The van der Waals surface area contributed by atoms with E-state index in [0.29, 0.717) is 16.3 Å². The lowest BCUT2D eigenvalue weighted by atomic mass is 9.90. The van der Waals surface area contributed by atoms with Gasteiger partial charge in [-0.15, -0.1) is 0 Å². The third kappa shape index (κ3) is 3.40. The zero-order valence-corrected chi connectivity index (χ0v) is 16.7. The van der Waals surface area contributed by atoms with Crippen LogP contribution in [-0.2, 0) is 19.1 Å². The molecule has 1 heterocycles. The van der Waals surface area contributed by atoms with Gasteiger partial charge in [-0.25, -0.2) is 9.59 Å². The molecular weight excluding hydrogens is 382 g/mol. The zero-order chi connectivity index (χ0) is 20.3. The van der Waals surface area contributed by atoms with E-state index in [2.05, 4.69) is 5.32 Å². The van der Waals surface area contributed by atoms with E-state index in [9.17, 15) is 9.59 Å². The lowest BCUT2D eigenvalue weighted by Gasteiger charge is -2.31. The van der Waals surface area contributed by atoms with E-state index in [1.54, 1.807) is 32.0 Å². The second kappa shape index (κ2) is 8.10. The van der Waals surface area contributed by atoms with Crippen LogP contribution in [0, 0.1) is 6.92 Å². The maximum Gasteiger partial charge on any atom is 0.365 e. The summed E-state index contributed by atoms with van der Waals surface area (Å²) in [5.41, 5.74) is 0.264. The largest absolute Gasteiger partial charge is 0.462 e. The first-order valence-electron chi connectivity index (χ1n) is 9.09. The predicted molar refractivity (Wildman–Crippen MR) is 106 cm³/mol. The number of esters is 2. The molecule has 1 atom stereocenters. The molecule has 1 N–H and O–H groups in total. The van der Waals surface area contributed by atoms with Crippen LogP contribution in [0.4, 0.5) is 5.69 Å². The maximum atomic E-state index is 13.0. The first-order chi connectivity index (χ1) is 13.4. The van der Waals surface area contributed by atoms with Crippen molar-refractivity contribution in [3.05, 3.63) is 58.6 Å². The van der Waals surface area contributed by atoms with E-state index in [-0.39, 0.29) is 13.2 Å². The second-order valence-electron chi connectivity index (χ2n) is 6.35. The molecule has 0 fully saturated rings. The van der Waals surface area contributed by atoms with Crippen molar-refractivity contribution in [3.63, 3.8) is 0 Å². The van der Waals surface area contributed by atoms with Gasteiger partial charge < -0.3 is 19.5 Å². The monoisotopic (exact) mass is 403 g/mol. The number of aryl methyl sites for hydroxylation is 1. The van der Waals surface area contributed by atoms with E-state index >= 15 is 0 Å². The van der Waals surface area contributed by atoms with Crippen molar-refractivity contribution >= 4 is 29.2 Å². The summed E-state index contributed by atoms with van der Waals surface area (Å²) in [4.78, 5) is 26.0. The van der Waals surface area contributed by atoms with E-state index in [1.807, 2.05) is 31.2 Å². The number of halogens is 1. The number of fused-ring (bicyclic) bond motifs is 1. The number of benzene rings is 2. The number of nitrogens with one attached hydrogen (secondary N) is 1. The summed E-state index contributed by atoms with van der Waals surface area (Å²) >= 11 is 6.18. The summed E-state index contributed by atoms with van der Waals surface area (Å²) in [6, 6.07) is 11.6. The number of carbonyl (C=O) groups excluding carboxylic acids is 2. The lowest BCUT2D eigenvalue weighted by Crippen LogP contribution is -2.57. The van der Waals surface area contributed by atoms with E-state index in [4.69, 9.17) is 25.8 Å². The molecule has 0 bridgehead atoms. The van der Waals surface area contributed by atoms with Crippen LogP contribution in [0.25, 0.3) is 0 Å². The van der Waals surface area contributed by atoms with Crippen molar-refractivity contribution in [2.24, 2.45) is 0 Å². The molecule has 6 nitrogen and oxygen atoms in total. The molecule has 0 spiro atoms. The van der Waals surface area contributed by atoms with Crippen LogP contribution in [0.5, 0.6) is 5.75 Å². The number of hydrogen-bond acceptors (Lipinski definition) is 6. The number of anilines is 1. The van der Waals surface area contributed by atoms with Gasteiger partial charge in [0.1, 0.15) is 11.8 Å². The van der Waals surface area contributed by atoms with Crippen LogP contribution >= 0.6 is 11.6 Å². The average molecular weight is 404 g/mol. The van der Waals surface area contributed by atoms with Gasteiger partial charge in [0, 0.05) is 16.3 Å². The minimum Gasteiger partial charge on any atom is -0.462 e. The Morgan fingerprint density at radius 2 is 1.75 bits per heavy atom. The Morgan fingerprint density at radius 3 is 2.36 bits per heavy atom. The van der Waals surface area contributed by atoms with Crippen LogP contribution < -0.4 is 10.1 Å². The van der Waals surface area contributed by atoms with Crippen LogP contribution in [0.3, 0.4) is 0 Å². The standard InChI is InChI=1S/C21H22ClNO5/c1-4-26-19(24)21(20(25)27-5-2)18(23-16-9-7-6-8-13(16)3)15-12-14(22)10-11-17(15)28-21/h6-12,18,23H,4-5H2,1-3H3. The maximum absolute atomic E-state index is 13.0. The summed E-state index contributed by atoms with van der Waals surface area (Å²) < 4.78 is 16.4. The number of para-hydroxylation sites is 1. The number of rotatable bonds is 6. The predicted octanol–water partition coefficient (Wildman–Crippen LogP) is 4.06. The molecule has 0 aliphatic carbocycles. The zero-order valence-electron chi connectivity index (χ0n) is 16.0. The van der Waals surface area contributed by atoms with Crippen molar-refractivity contribution in [2.45, 2.75) is 32.4 Å². The summed E-state index contributed by atoms with van der Waals surface area (Å²) in [5.74, 6) is -1.25. The molecule has 28 heavy (non-hydrogen) atoms. The van der Waals surface area contributed by atoms with Crippen molar-refractivity contribution in [1.82, 2.24) is 0 Å². The highest BCUT2D eigenvalue weighted by Crippen LogP contribution is 2.47. The Morgan fingerprint density at radius 1 is 1.11 bits per heavy atom. The fourth-order valence-corrected chi connectivity index (χ4v) is 3.42. The molecule has 3 rings (SSSR count). The Labute approximate surface area is 168 Å². The van der Waals surface area contributed by atoms with Gasteiger partial charge in [-0.2, -0.15) is 0 Å². The highest BCUT2D eigenvalue weighted by atomic mass is 35.5. The smallest absolute Gasteiger partial charge is 0.365 e. The van der Waals surface area contributed by atoms with Crippen molar-refractivity contribution < 1.29 is 23.8 Å². The molecule has 2 aromatic carbocycles. The molecule has 0 amide bonds. The van der Waals surface area contributed by atoms with Crippen LogP contribution in [0.2, 0.25) is 5.02 Å². The number of hydrogen-bond donors (Lipinski definition) is 1. The third-order valence-electron chi connectivity index (χ3n) is 4.56. The van der Waals surface area contributed by atoms with Crippen LogP contribution in [-0.4, -0.2) is 30.8 Å². The number of ether oxygens (including phenoxy) is 3. The van der Waals surface area contributed by atoms with Gasteiger partial charge in [0.15, 0.2) is 0 Å². The van der Waals surface area contributed by atoms with Gasteiger partial charge in [0.25, 0.3) is 0 Å². The normalized spacial score (nSPS) is 16.6. The molecule has 1 aliphatic heterocycles. The highest BCUT2D eigenvalue weighted by molar-refractivity contribution is 6.30. The van der Waals surface area contributed by atoms with Gasteiger partial charge in [0.05, 0.1) is 13.2 Å². The molecule has 1 aliphatic rings. The van der Waals surface area contributed by atoms with Crippen LogP contribution in [0.1, 0.15) is 31.0 Å². The molecule has 148 valence electrons. The van der Waals surface area contributed by atoms with Crippen LogP contribution in [0.15, 0.2) is 42.5 Å². The second-order valence-corrected chi connectivity index (χ2v) is 6.79. The van der Waals surface area contributed by atoms with E-state index in [0.717, 1.165) is 11.3 Å². The van der Waals surface area contributed by atoms with Crippen molar-refractivity contribution in [3.8, 4) is 5.75 Å². The van der Waals surface area contributed by atoms with Gasteiger partial charge in [-0.1, -0.05) is 29.8 Å². The first-order valence-corrected chi connectivity index (χ1v) is 9.46. The third-order valence-corrected chi connectivity index (χ3v) is 4.80. The molecule has 0 radical (unpaired) electrons. The highest BCUT2D eigenvalue weighted by Gasteiger charge is 2.63. The molecular formula is C21H22ClNO5. The van der Waals surface area contributed by atoms with E-state index in [1.165, 1.54) is 0 Å². The summed E-state index contributed by atoms with van der Waals surface area (Å²) in [7, 11) is 0. The number of carbonyl (C=O) groups is 2. The molecule has 7 heteroatoms. The summed E-state index contributed by atoms with van der Waals surface area (Å²) in [5, 5.41) is 3.74. The first kappa shape index (κ1) is 20.0. The lowest BCUT2D eigenvalue weighted by molar-refractivity contribution is -0.179. The van der Waals surface area contributed by atoms with Gasteiger partial charge in [-0.05, 0) is 50.6 Å². The molecule has 2 aromatic rings. The SMILES string of the molecule is CCOC(=O)C1(C(=O)OCC)Oc2ccc(Cl)cc2C1Nc1ccccc1C. The molecule has 0 saturated heterocycles. The van der Waals surface area contributed by atoms with Gasteiger partial charge in [-0.3, -0.25) is 0 Å². The van der Waals surface area contributed by atoms with Gasteiger partial charge >= 0.3 is 17.5 Å². The summed E-state index contributed by atoms with van der Waals surface area (Å²) in [6.45, 7) is 5.45. The van der Waals surface area contributed by atoms with Gasteiger partial charge in [0.2, 0.25) is 0 Å². The minimum absolute atomic E-state index is 0.0948. The topological polar surface area (TPSA) is 73.9 Å².